The zero-order valence-electron chi connectivity index (χ0n) is 11.4. The van der Waals surface area contributed by atoms with Gasteiger partial charge in [-0.05, 0) is 6.92 Å². The normalized spacial score (nSPS) is 19.5. The summed E-state index contributed by atoms with van der Waals surface area (Å²) in [5, 5.41) is 12.0. The van der Waals surface area contributed by atoms with Crippen LogP contribution in [-0.4, -0.2) is 58.9 Å². The van der Waals surface area contributed by atoms with Crippen LogP contribution in [0.4, 0.5) is 18.3 Å². The van der Waals surface area contributed by atoms with Gasteiger partial charge in [-0.25, -0.2) is 4.98 Å². The second-order valence-electron chi connectivity index (χ2n) is 5.13. The highest BCUT2D eigenvalue weighted by molar-refractivity contribution is 7.13. The Morgan fingerprint density at radius 1 is 1.38 bits per heavy atom. The lowest BCUT2D eigenvalue weighted by Crippen LogP contribution is -2.52. The summed E-state index contributed by atoms with van der Waals surface area (Å²) < 4.78 is 37.7. The number of aromatic nitrogens is 1. The second kappa shape index (κ2) is 5.80. The van der Waals surface area contributed by atoms with E-state index in [-0.39, 0.29) is 0 Å². The summed E-state index contributed by atoms with van der Waals surface area (Å²) in [6.07, 6.45) is -4.09. The summed E-state index contributed by atoms with van der Waals surface area (Å²) >= 11 is 1.48. The van der Waals surface area contributed by atoms with Gasteiger partial charge in [0, 0.05) is 37.8 Å². The maximum Gasteiger partial charge on any atom is 0.417 e. The highest BCUT2D eigenvalue weighted by atomic mass is 32.1. The van der Waals surface area contributed by atoms with Crippen LogP contribution < -0.4 is 4.90 Å². The number of hydrogen-bond acceptors (Lipinski definition) is 5. The SMILES string of the molecule is CC(O)(CC(=O)N1CCN(c2nccs2)CC1)C(F)(F)F. The number of amides is 1. The lowest BCUT2D eigenvalue weighted by Gasteiger charge is -2.36. The zero-order valence-corrected chi connectivity index (χ0v) is 12.2. The Hall–Kier alpha value is -1.35. The Kier molecular flexibility index (Phi) is 4.43. The average Bonchev–Trinajstić information content (AvgIpc) is 2.91. The summed E-state index contributed by atoms with van der Waals surface area (Å²) in [6, 6.07) is 0. The minimum absolute atomic E-state index is 0.326. The summed E-state index contributed by atoms with van der Waals surface area (Å²) in [7, 11) is 0. The fourth-order valence-electron chi connectivity index (χ4n) is 2.03. The Bertz CT molecular complexity index is 482. The van der Waals surface area contributed by atoms with E-state index in [0.717, 1.165) is 5.13 Å². The van der Waals surface area contributed by atoms with Crippen LogP contribution in [0.15, 0.2) is 11.6 Å². The molecular weight excluding hydrogens is 307 g/mol. The van der Waals surface area contributed by atoms with Gasteiger partial charge in [-0.3, -0.25) is 4.79 Å². The molecule has 1 saturated heterocycles. The van der Waals surface area contributed by atoms with Gasteiger partial charge in [-0.1, -0.05) is 0 Å². The van der Waals surface area contributed by atoms with Crippen molar-refractivity contribution in [3.8, 4) is 0 Å². The Morgan fingerprint density at radius 2 is 2.00 bits per heavy atom. The number of rotatable bonds is 3. The van der Waals surface area contributed by atoms with E-state index < -0.39 is 24.1 Å². The maximum atomic E-state index is 12.6. The van der Waals surface area contributed by atoms with E-state index in [0.29, 0.717) is 33.1 Å². The van der Waals surface area contributed by atoms with Crippen molar-refractivity contribution in [2.24, 2.45) is 0 Å². The topological polar surface area (TPSA) is 56.7 Å². The Morgan fingerprint density at radius 3 is 2.48 bits per heavy atom. The smallest absolute Gasteiger partial charge is 0.380 e. The van der Waals surface area contributed by atoms with E-state index in [1.165, 1.54) is 16.2 Å². The van der Waals surface area contributed by atoms with Crippen LogP contribution in [0.25, 0.3) is 0 Å². The minimum atomic E-state index is -4.81. The van der Waals surface area contributed by atoms with Gasteiger partial charge in [0.2, 0.25) is 5.91 Å². The molecule has 1 atom stereocenters. The van der Waals surface area contributed by atoms with E-state index in [4.69, 9.17) is 0 Å². The molecule has 1 aromatic rings. The van der Waals surface area contributed by atoms with Crippen molar-refractivity contribution in [1.82, 2.24) is 9.88 Å². The molecule has 1 fully saturated rings. The summed E-state index contributed by atoms with van der Waals surface area (Å²) in [5.41, 5.74) is -2.99. The quantitative estimate of drug-likeness (QED) is 0.916. The predicted molar refractivity (Wildman–Crippen MR) is 72.2 cm³/mol. The molecule has 1 aliphatic heterocycles. The molecule has 21 heavy (non-hydrogen) atoms. The number of carbonyl (C=O) groups is 1. The standard InChI is InChI=1S/C12H16F3N3O2S/c1-11(20,12(13,14)15)8-9(19)17-3-5-18(6-4-17)10-16-2-7-21-10/h2,7,20H,3-6,8H2,1H3. The van der Waals surface area contributed by atoms with Gasteiger partial charge >= 0.3 is 6.18 Å². The van der Waals surface area contributed by atoms with Gasteiger partial charge in [-0.15, -0.1) is 11.3 Å². The number of carbonyl (C=O) groups excluding carboxylic acids is 1. The minimum Gasteiger partial charge on any atom is -0.380 e. The van der Waals surface area contributed by atoms with Crippen LogP contribution in [0.1, 0.15) is 13.3 Å². The van der Waals surface area contributed by atoms with E-state index in [9.17, 15) is 23.1 Å². The first-order valence-corrected chi connectivity index (χ1v) is 7.30. The second-order valence-corrected chi connectivity index (χ2v) is 6.00. The number of piperazine rings is 1. The van der Waals surface area contributed by atoms with Crippen LogP contribution in [0.5, 0.6) is 0 Å². The number of aliphatic hydroxyl groups is 1. The monoisotopic (exact) mass is 323 g/mol. The predicted octanol–water partition coefficient (Wildman–Crippen LogP) is 1.50. The van der Waals surface area contributed by atoms with Crippen LogP contribution >= 0.6 is 11.3 Å². The van der Waals surface area contributed by atoms with E-state index in [1.807, 2.05) is 10.3 Å². The lowest BCUT2D eigenvalue weighted by atomic mass is 10.0. The van der Waals surface area contributed by atoms with Gasteiger partial charge in [0.25, 0.3) is 0 Å². The van der Waals surface area contributed by atoms with Crippen molar-refractivity contribution in [2.45, 2.75) is 25.1 Å². The fraction of sp³-hybridized carbons (Fsp3) is 0.667. The van der Waals surface area contributed by atoms with Gasteiger partial charge in [-0.2, -0.15) is 13.2 Å². The first-order chi connectivity index (χ1) is 9.71. The zero-order chi connectivity index (χ0) is 15.7. The summed E-state index contributed by atoms with van der Waals surface area (Å²) in [5.74, 6) is -0.684. The van der Waals surface area contributed by atoms with Crippen molar-refractivity contribution in [3.05, 3.63) is 11.6 Å². The van der Waals surface area contributed by atoms with Crippen molar-refractivity contribution in [1.29, 1.82) is 0 Å². The number of alkyl halides is 3. The maximum absolute atomic E-state index is 12.6. The molecule has 0 spiro atoms. The highest BCUT2D eigenvalue weighted by Crippen LogP contribution is 2.33. The molecule has 1 N–H and O–H groups in total. The number of nitrogens with zero attached hydrogens (tertiary/aromatic N) is 3. The molecule has 9 heteroatoms. The van der Waals surface area contributed by atoms with Gasteiger partial charge < -0.3 is 14.9 Å². The number of hydrogen-bond donors (Lipinski definition) is 1. The summed E-state index contributed by atoms with van der Waals surface area (Å²) in [4.78, 5) is 19.4. The van der Waals surface area contributed by atoms with Gasteiger partial charge in [0.15, 0.2) is 10.7 Å². The van der Waals surface area contributed by atoms with Crippen molar-refractivity contribution < 1.29 is 23.1 Å². The molecule has 0 bridgehead atoms. The Balaban J connectivity index is 1.89. The molecule has 0 radical (unpaired) electrons. The fourth-order valence-corrected chi connectivity index (χ4v) is 2.72. The van der Waals surface area contributed by atoms with E-state index >= 15 is 0 Å². The van der Waals surface area contributed by atoms with E-state index in [2.05, 4.69) is 4.98 Å². The molecule has 118 valence electrons. The van der Waals surface area contributed by atoms with E-state index in [1.54, 1.807) is 6.20 Å². The van der Waals surface area contributed by atoms with Crippen LogP contribution in [-0.2, 0) is 4.79 Å². The number of thiazole rings is 1. The first-order valence-electron chi connectivity index (χ1n) is 6.42. The first kappa shape index (κ1) is 16.0. The van der Waals surface area contributed by atoms with Crippen LogP contribution in [0, 0.1) is 0 Å². The molecule has 2 rings (SSSR count). The van der Waals surface area contributed by atoms with Crippen molar-refractivity contribution in [3.63, 3.8) is 0 Å². The third-order valence-electron chi connectivity index (χ3n) is 3.43. The van der Waals surface area contributed by atoms with Crippen LogP contribution in [0.2, 0.25) is 0 Å². The highest BCUT2D eigenvalue weighted by Gasteiger charge is 2.51. The third kappa shape index (κ3) is 3.65. The van der Waals surface area contributed by atoms with Gasteiger partial charge in [0.1, 0.15) is 0 Å². The molecule has 1 unspecified atom stereocenters. The molecule has 0 saturated carbocycles. The molecule has 1 amide bonds. The molecule has 0 aromatic carbocycles. The average molecular weight is 323 g/mol. The molecule has 2 heterocycles. The van der Waals surface area contributed by atoms with Crippen molar-refractivity contribution >= 4 is 22.4 Å². The molecule has 5 nitrogen and oxygen atoms in total. The van der Waals surface area contributed by atoms with Crippen molar-refractivity contribution in [2.75, 3.05) is 31.1 Å². The summed E-state index contributed by atoms with van der Waals surface area (Å²) in [6.45, 7) is 2.32. The third-order valence-corrected chi connectivity index (χ3v) is 4.26. The largest absolute Gasteiger partial charge is 0.417 e. The molecular formula is C12H16F3N3O2S. The van der Waals surface area contributed by atoms with Gasteiger partial charge in [0.05, 0.1) is 6.42 Å². The Labute approximate surface area is 124 Å². The van der Waals surface area contributed by atoms with Crippen LogP contribution in [0.3, 0.4) is 0 Å². The number of anilines is 1. The molecule has 0 aliphatic carbocycles. The number of halogens is 3. The molecule has 1 aromatic heterocycles. The molecule has 1 aliphatic rings. The lowest BCUT2D eigenvalue weighted by molar-refractivity contribution is -0.254.